The van der Waals surface area contributed by atoms with Crippen LogP contribution in [0.15, 0.2) is 30.5 Å². The molecule has 1 aliphatic heterocycles. The second-order valence-electron chi connectivity index (χ2n) is 5.86. The predicted octanol–water partition coefficient (Wildman–Crippen LogP) is 1.34. The zero-order valence-corrected chi connectivity index (χ0v) is 12.7. The summed E-state index contributed by atoms with van der Waals surface area (Å²) in [5.74, 6) is 0.484. The number of urea groups is 1. The average Bonchev–Trinajstić information content (AvgIpc) is 3.07. The first-order valence-corrected chi connectivity index (χ1v) is 7.22. The van der Waals surface area contributed by atoms with E-state index in [1.54, 1.807) is 22.6 Å². The minimum Gasteiger partial charge on any atom is -0.394 e. The van der Waals surface area contributed by atoms with Crippen LogP contribution in [-0.4, -0.2) is 57.6 Å². The SMILES string of the molecule is COC1CN(C(=O)Nc2cc3ccccn3n2)C(C)(CO)C1. The first kappa shape index (κ1) is 14.8. The van der Waals surface area contributed by atoms with Gasteiger partial charge in [0.05, 0.1) is 23.8 Å². The van der Waals surface area contributed by atoms with Crippen molar-refractivity contribution in [3.63, 3.8) is 0 Å². The molecular formula is C15H20N4O3. The van der Waals surface area contributed by atoms with Crippen LogP contribution in [0.2, 0.25) is 0 Å². The molecule has 0 radical (unpaired) electrons. The molecule has 2 atom stereocenters. The molecule has 2 unspecified atom stereocenters. The standard InChI is InChI=1S/C15H20N4O3/c1-15(10-20)8-12(22-2)9-18(15)14(21)16-13-7-11-5-3-4-6-19(11)17-13/h3-7,12,20H,8-10H2,1-2H3,(H,16,17,21). The number of amides is 2. The Morgan fingerprint density at radius 2 is 2.41 bits per heavy atom. The molecule has 2 N–H and O–H groups in total. The van der Waals surface area contributed by atoms with Crippen molar-refractivity contribution in [2.75, 3.05) is 25.6 Å². The molecule has 7 nitrogen and oxygen atoms in total. The van der Waals surface area contributed by atoms with Crippen molar-refractivity contribution in [2.24, 2.45) is 0 Å². The molecule has 3 heterocycles. The van der Waals surface area contributed by atoms with Gasteiger partial charge in [-0.15, -0.1) is 5.10 Å². The highest BCUT2D eigenvalue weighted by Crippen LogP contribution is 2.30. The van der Waals surface area contributed by atoms with Crippen LogP contribution >= 0.6 is 0 Å². The Bertz CT molecular complexity index is 653. The Hall–Kier alpha value is -2.12. The number of nitrogens with zero attached hydrogens (tertiary/aromatic N) is 3. The third-order valence-corrected chi connectivity index (χ3v) is 4.23. The normalized spacial score (nSPS) is 24.9. The molecule has 1 saturated heterocycles. The fraction of sp³-hybridized carbons (Fsp3) is 0.467. The summed E-state index contributed by atoms with van der Waals surface area (Å²) >= 11 is 0. The molecule has 0 bridgehead atoms. The molecular weight excluding hydrogens is 284 g/mol. The van der Waals surface area contributed by atoms with Crippen LogP contribution in [0.4, 0.5) is 10.6 Å². The van der Waals surface area contributed by atoms with E-state index in [0.29, 0.717) is 18.8 Å². The predicted molar refractivity (Wildman–Crippen MR) is 81.8 cm³/mol. The van der Waals surface area contributed by atoms with E-state index < -0.39 is 5.54 Å². The molecule has 1 fully saturated rings. The van der Waals surface area contributed by atoms with Gasteiger partial charge in [0.2, 0.25) is 0 Å². The highest BCUT2D eigenvalue weighted by Gasteiger charge is 2.44. The third kappa shape index (κ3) is 2.53. The lowest BCUT2D eigenvalue weighted by atomic mass is 10.00. The largest absolute Gasteiger partial charge is 0.394 e. The number of rotatable bonds is 3. The van der Waals surface area contributed by atoms with Gasteiger partial charge in [-0.25, -0.2) is 9.31 Å². The second kappa shape index (κ2) is 5.58. The van der Waals surface area contributed by atoms with E-state index in [1.807, 2.05) is 31.3 Å². The molecule has 0 saturated carbocycles. The van der Waals surface area contributed by atoms with Gasteiger partial charge in [0.25, 0.3) is 0 Å². The Balaban J connectivity index is 1.78. The number of ether oxygens (including phenoxy) is 1. The van der Waals surface area contributed by atoms with Crippen molar-refractivity contribution in [3.8, 4) is 0 Å². The maximum absolute atomic E-state index is 12.5. The number of hydrogen-bond donors (Lipinski definition) is 2. The van der Waals surface area contributed by atoms with Crippen LogP contribution in [0.3, 0.4) is 0 Å². The van der Waals surface area contributed by atoms with Crippen LogP contribution in [0.1, 0.15) is 13.3 Å². The fourth-order valence-electron chi connectivity index (χ4n) is 2.90. The van der Waals surface area contributed by atoms with Gasteiger partial charge in [-0.1, -0.05) is 6.07 Å². The van der Waals surface area contributed by atoms with Gasteiger partial charge in [-0.2, -0.15) is 0 Å². The van der Waals surface area contributed by atoms with E-state index in [0.717, 1.165) is 5.52 Å². The van der Waals surface area contributed by atoms with Gasteiger partial charge >= 0.3 is 6.03 Å². The van der Waals surface area contributed by atoms with Gasteiger partial charge in [0, 0.05) is 32.3 Å². The van der Waals surface area contributed by atoms with Crippen molar-refractivity contribution in [1.82, 2.24) is 14.5 Å². The summed E-state index contributed by atoms with van der Waals surface area (Å²) in [6.07, 6.45) is 2.36. The summed E-state index contributed by atoms with van der Waals surface area (Å²) in [6, 6.07) is 7.22. The Labute approximate surface area is 128 Å². The number of aliphatic hydroxyl groups excluding tert-OH is 1. The summed E-state index contributed by atoms with van der Waals surface area (Å²) in [4.78, 5) is 14.1. The number of methoxy groups -OCH3 is 1. The molecule has 0 aromatic carbocycles. The molecule has 7 heteroatoms. The first-order chi connectivity index (χ1) is 10.6. The van der Waals surface area contributed by atoms with E-state index >= 15 is 0 Å². The summed E-state index contributed by atoms with van der Waals surface area (Å²) < 4.78 is 7.03. The Morgan fingerprint density at radius 3 is 3.09 bits per heavy atom. The number of fused-ring (bicyclic) bond motifs is 1. The van der Waals surface area contributed by atoms with Crippen LogP contribution in [0.25, 0.3) is 5.52 Å². The Kier molecular flexibility index (Phi) is 3.76. The van der Waals surface area contributed by atoms with E-state index in [9.17, 15) is 9.90 Å². The smallest absolute Gasteiger partial charge is 0.323 e. The van der Waals surface area contributed by atoms with Gasteiger partial charge in [0.15, 0.2) is 5.82 Å². The molecule has 1 aliphatic rings. The number of carbonyl (C=O) groups excluding carboxylic acids is 1. The monoisotopic (exact) mass is 304 g/mol. The van der Waals surface area contributed by atoms with Crippen LogP contribution in [0.5, 0.6) is 0 Å². The number of nitrogens with one attached hydrogen (secondary N) is 1. The van der Waals surface area contributed by atoms with Gasteiger partial charge in [0.1, 0.15) is 0 Å². The van der Waals surface area contributed by atoms with E-state index in [-0.39, 0.29) is 18.7 Å². The van der Waals surface area contributed by atoms with Gasteiger partial charge < -0.3 is 14.7 Å². The second-order valence-corrected chi connectivity index (χ2v) is 5.86. The molecule has 118 valence electrons. The molecule has 0 spiro atoms. The quantitative estimate of drug-likeness (QED) is 0.897. The van der Waals surface area contributed by atoms with E-state index in [2.05, 4.69) is 10.4 Å². The third-order valence-electron chi connectivity index (χ3n) is 4.23. The van der Waals surface area contributed by atoms with Crippen molar-refractivity contribution in [2.45, 2.75) is 25.0 Å². The Morgan fingerprint density at radius 1 is 1.59 bits per heavy atom. The summed E-state index contributed by atoms with van der Waals surface area (Å²) in [6.45, 7) is 2.20. The maximum Gasteiger partial charge on any atom is 0.323 e. The topological polar surface area (TPSA) is 79.1 Å². The van der Waals surface area contributed by atoms with Crippen molar-refractivity contribution >= 4 is 17.4 Å². The summed E-state index contributed by atoms with van der Waals surface area (Å²) in [7, 11) is 1.62. The number of anilines is 1. The molecule has 0 aliphatic carbocycles. The van der Waals surface area contributed by atoms with Gasteiger partial charge in [-0.3, -0.25) is 5.32 Å². The van der Waals surface area contributed by atoms with Crippen molar-refractivity contribution in [1.29, 1.82) is 0 Å². The number of likely N-dealkylation sites (tertiary alicyclic amines) is 1. The number of carbonyl (C=O) groups is 1. The highest BCUT2D eigenvalue weighted by molar-refractivity contribution is 5.89. The minimum absolute atomic E-state index is 0.0658. The number of aliphatic hydroxyl groups is 1. The number of hydrogen-bond acceptors (Lipinski definition) is 4. The number of pyridine rings is 1. The van der Waals surface area contributed by atoms with Crippen LogP contribution in [-0.2, 0) is 4.74 Å². The lowest BCUT2D eigenvalue weighted by molar-refractivity contribution is 0.0985. The fourth-order valence-corrected chi connectivity index (χ4v) is 2.90. The minimum atomic E-state index is -0.621. The van der Waals surface area contributed by atoms with Crippen LogP contribution < -0.4 is 5.32 Å². The van der Waals surface area contributed by atoms with Crippen molar-refractivity contribution in [3.05, 3.63) is 30.5 Å². The number of aromatic nitrogens is 2. The van der Waals surface area contributed by atoms with Crippen LogP contribution in [0, 0.1) is 0 Å². The molecule has 2 aromatic rings. The molecule has 2 aromatic heterocycles. The average molecular weight is 304 g/mol. The lowest BCUT2D eigenvalue weighted by Crippen LogP contribution is -2.49. The van der Waals surface area contributed by atoms with Gasteiger partial charge in [-0.05, 0) is 19.1 Å². The summed E-state index contributed by atoms with van der Waals surface area (Å²) in [5.41, 5.74) is 0.281. The molecule has 2 amide bonds. The highest BCUT2D eigenvalue weighted by atomic mass is 16.5. The maximum atomic E-state index is 12.5. The van der Waals surface area contributed by atoms with E-state index in [1.165, 1.54) is 0 Å². The summed E-state index contributed by atoms with van der Waals surface area (Å²) in [5, 5.41) is 16.7. The molecule has 3 rings (SSSR count). The zero-order valence-electron chi connectivity index (χ0n) is 12.7. The van der Waals surface area contributed by atoms with E-state index in [4.69, 9.17) is 4.74 Å². The molecule has 22 heavy (non-hydrogen) atoms. The first-order valence-electron chi connectivity index (χ1n) is 7.22. The van der Waals surface area contributed by atoms with Crippen molar-refractivity contribution < 1.29 is 14.6 Å². The lowest BCUT2D eigenvalue weighted by Gasteiger charge is -2.32. The zero-order chi connectivity index (χ0) is 15.7.